The topological polar surface area (TPSA) is 92.4 Å². The number of aromatic hydroxyl groups is 1. The summed E-state index contributed by atoms with van der Waals surface area (Å²) in [5, 5.41) is 20.4. The van der Waals surface area contributed by atoms with Gasteiger partial charge in [0.15, 0.2) is 11.4 Å². The van der Waals surface area contributed by atoms with Crippen molar-refractivity contribution in [3.8, 4) is 16.9 Å². The molecular weight excluding hydrogens is 380 g/mol. The number of hydrogen-bond acceptors (Lipinski definition) is 4. The second-order valence-electron chi connectivity index (χ2n) is 7.08. The van der Waals surface area contributed by atoms with Crippen LogP contribution < -0.4 is 5.56 Å². The standard InChI is InChI=1S/C24H20N2O4/c1-15-21-19(22(27)20(25-15)24(29)30)14-18(17-10-6-3-7-11-17)23(28)26(21)13-12-16-8-4-2-5-9-16/h2-11,14,27H,12-13H2,1H3,(H,29,30). The molecule has 0 atom stereocenters. The molecule has 150 valence electrons. The zero-order valence-electron chi connectivity index (χ0n) is 16.4. The molecule has 0 aliphatic heterocycles. The van der Waals surface area contributed by atoms with E-state index in [1.807, 2.05) is 60.7 Å². The molecule has 0 unspecified atom stereocenters. The Balaban J connectivity index is 1.99. The van der Waals surface area contributed by atoms with Gasteiger partial charge in [-0.1, -0.05) is 60.7 Å². The first-order chi connectivity index (χ1) is 14.5. The van der Waals surface area contributed by atoms with Gasteiger partial charge < -0.3 is 14.8 Å². The van der Waals surface area contributed by atoms with Crippen LogP contribution in [0.15, 0.2) is 71.5 Å². The zero-order valence-corrected chi connectivity index (χ0v) is 16.4. The third kappa shape index (κ3) is 3.43. The maximum Gasteiger partial charge on any atom is 0.358 e. The van der Waals surface area contributed by atoms with Gasteiger partial charge in [-0.2, -0.15) is 0 Å². The highest BCUT2D eigenvalue weighted by Crippen LogP contribution is 2.31. The summed E-state index contributed by atoms with van der Waals surface area (Å²) in [5.74, 6) is -1.76. The van der Waals surface area contributed by atoms with Crippen LogP contribution in [-0.4, -0.2) is 25.7 Å². The van der Waals surface area contributed by atoms with Crippen molar-refractivity contribution >= 4 is 16.9 Å². The first kappa shape index (κ1) is 19.4. The number of carboxylic acid groups (broad SMARTS) is 1. The Kier molecular flexibility index (Phi) is 5.06. The van der Waals surface area contributed by atoms with Crippen LogP contribution in [0.25, 0.3) is 22.0 Å². The van der Waals surface area contributed by atoms with Gasteiger partial charge in [-0.25, -0.2) is 9.78 Å². The van der Waals surface area contributed by atoms with E-state index in [0.717, 1.165) is 5.56 Å². The summed E-state index contributed by atoms with van der Waals surface area (Å²) in [6, 6.07) is 20.5. The molecule has 0 fully saturated rings. The van der Waals surface area contributed by atoms with E-state index in [1.54, 1.807) is 17.6 Å². The van der Waals surface area contributed by atoms with Gasteiger partial charge in [-0.05, 0) is 30.5 Å². The van der Waals surface area contributed by atoms with Crippen molar-refractivity contribution in [1.82, 2.24) is 9.55 Å². The molecular formula is C24H20N2O4. The highest BCUT2D eigenvalue weighted by molar-refractivity contribution is 5.99. The number of benzene rings is 2. The van der Waals surface area contributed by atoms with E-state index in [9.17, 15) is 19.8 Å². The molecule has 4 rings (SSSR count). The molecule has 0 saturated carbocycles. The Morgan fingerprint density at radius 2 is 1.67 bits per heavy atom. The minimum Gasteiger partial charge on any atom is -0.505 e. The van der Waals surface area contributed by atoms with Crippen LogP contribution in [0.1, 0.15) is 21.7 Å². The van der Waals surface area contributed by atoms with Gasteiger partial charge in [0.05, 0.1) is 11.2 Å². The summed E-state index contributed by atoms with van der Waals surface area (Å²) in [5.41, 5.74) is 2.35. The fourth-order valence-corrected chi connectivity index (χ4v) is 3.71. The average molecular weight is 400 g/mol. The molecule has 0 radical (unpaired) electrons. The molecule has 6 heteroatoms. The number of aryl methyl sites for hydroxylation is 3. The summed E-state index contributed by atoms with van der Waals surface area (Å²) < 4.78 is 1.58. The molecule has 4 aromatic rings. The molecule has 0 bridgehead atoms. The number of fused-ring (bicyclic) bond motifs is 1. The molecule has 2 heterocycles. The lowest BCUT2D eigenvalue weighted by atomic mass is 10.0. The predicted octanol–water partition coefficient (Wildman–Crippen LogP) is 4.02. The summed E-state index contributed by atoms with van der Waals surface area (Å²) >= 11 is 0. The second kappa shape index (κ2) is 7.83. The number of rotatable bonds is 5. The van der Waals surface area contributed by atoms with Gasteiger partial charge in [0.25, 0.3) is 5.56 Å². The lowest BCUT2D eigenvalue weighted by Gasteiger charge is -2.16. The number of hydrogen-bond donors (Lipinski definition) is 2. The molecule has 0 aliphatic rings. The van der Waals surface area contributed by atoms with Crippen molar-refractivity contribution in [2.24, 2.45) is 0 Å². The molecule has 0 spiro atoms. The van der Waals surface area contributed by atoms with E-state index >= 15 is 0 Å². The van der Waals surface area contributed by atoms with Crippen molar-refractivity contribution in [2.75, 3.05) is 0 Å². The van der Waals surface area contributed by atoms with Crippen LogP contribution in [-0.2, 0) is 13.0 Å². The monoisotopic (exact) mass is 400 g/mol. The Bertz CT molecular complexity index is 1300. The number of carbonyl (C=O) groups is 1. The van der Waals surface area contributed by atoms with Crippen LogP contribution in [0.4, 0.5) is 0 Å². The normalized spacial score (nSPS) is 11.0. The fourth-order valence-electron chi connectivity index (χ4n) is 3.71. The number of nitrogens with zero attached hydrogens (tertiary/aromatic N) is 2. The van der Waals surface area contributed by atoms with E-state index in [4.69, 9.17) is 0 Å². The predicted molar refractivity (Wildman–Crippen MR) is 115 cm³/mol. The first-order valence-electron chi connectivity index (χ1n) is 9.57. The Labute approximate surface area is 172 Å². The maximum atomic E-state index is 13.4. The number of pyridine rings is 2. The summed E-state index contributed by atoms with van der Waals surface area (Å²) in [7, 11) is 0. The van der Waals surface area contributed by atoms with Crippen LogP contribution >= 0.6 is 0 Å². The van der Waals surface area contributed by atoms with Crippen molar-refractivity contribution in [3.63, 3.8) is 0 Å². The number of aromatic carboxylic acids is 1. The Morgan fingerprint density at radius 1 is 1.03 bits per heavy atom. The number of carboxylic acids is 1. The van der Waals surface area contributed by atoms with E-state index in [0.29, 0.717) is 40.7 Å². The minimum absolute atomic E-state index is 0.211. The number of aromatic nitrogens is 2. The van der Waals surface area contributed by atoms with Crippen LogP contribution in [0.3, 0.4) is 0 Å². The van der Waals surface area contributed by atoms with Gasteiger partial charge in [-0.15, -0.1) is 0 Å². The molecule has 6 nitrogen and oxygen atoms in total. The van der Waals surface area contributed by atoms with Crippen molar-refractivity contribution < 1.29 is 15.0 Å². The SMILES string of the molecule is Cc1nc(C(=O)O)c(O)c2cc(-c3ccccc3)c(=O)n(CCc3ccccc3)c12. The van der Waals surface area contributed by atoms with E-state index in [-0.39, 0.29) is 5.56 Å². The first-order valence-corrected chi connectivity index (χ1v) is 9.57. The van der Waals surface area contributed by atoms with Crippen molar-refractivity contribution in [2.45, 2.75) is 19.9 Å². The lowest BCUT2D eigenvalue weighted by Crippen LogP contribution is -2.24. The third-order valence-electron chi connectivity index (χ3n) is 5.15. The average Bonchev–Trinajstić information content (AvgIpc) is 2.76. The summed E-state index contributed by atoms with van der Waals surface area (Å²) in [6.07, 6.45) is 0.606. The second-order valence-corrected chi connectivity index (χ2v) is 7.08. The van der Waals surface area contributed by atoms with E-state index in [2.05, 4.69) is 4.98 Å². The van der Waals surface area contributed by atoms with Crippen LogP contribution in [0.5, 0.6) is 5.75 Å². The fraction of sp³-hybridized carbons (Fsp3) is 0.125. The van der Waals surface area contributed by atoms with Gasteiger partial charge in [0.1, 0.15) is 0 Å². The van der Waals surface area contributed by atoms with E-state index < -0.39 is 17.4 Å². The lowest BCUT2D eigenvalue weighted by molar-refractivity contribution is 0.0687. The third-order valence-corrected chi connectivity index (χ3v) is 5.15. The molecule has 0 aliphatic carbocycles. The molecule has 2 aromatic heterocycles. The van der Waals surface area contributed by atoms with Gasteiger partial charge in [0.2, 0.25) is 0 Å². The Hall–Kier alpha value is -3.93. The van der Waals surface area contributed by atoms with E-state index in [1.165, 1.54) is 0 Å². The summed E-state index contributed by atoms with van der Waals surface area (Å²) in [4.78, 5) is 29.0. The summed E-state index contributed by atoms with van der Waals surface area (Å²) in [6.45, 7) is 2.02. The molecule has 30 heavy (non-hydrogen) atoms. The van der Waals surface area contributed by atoms with Gasteiger partial charge in [-0.3, -0.25) is 4.79 Å². The van der Waals surface area contributed by atoms with Gasteiger partial charge >= 0.3 is 5.97 Å². The van der Waals surface area contributed by atoms with Crippen LogP contribution in [0, 0.1) is 6.92 Å². The molecule has 0 amide bonds. The highest BCUT2D eigenvalue weighted by Gasteiger charge is 2.21. The smallest absolute Gasteiger partial charge is 0.358 e. The van der Waals surface area contributed by atoms with Crippen LogP contribution in [0.2, 0.25) is 0 Å². The quantitative estimate of drug-likeness (QED) is 0.528. The highest BCUT2D eigenvalue weighted by atomic mass is 16.4. The van der Waals surface area contributed by atoms with Crippen molar-refractivity contribution in [3.05, 3.63) is 94.0 Å². The van der Waals surface area contributed by atoms with Crippen molar-refractivity contribution in [1.29, 1.82) is 0 Å². The minimum atomic E-state index is -1.32. The maximum absolute atomic E-state index is 13.4. The zero-order chi connectivity index (χ0) is 21.3. The molecule has 2 N–H and O–H groups in total. The van der Waals surface area contributed by atoms with Gasteiger partial charge in [0, 0.05) is 17.5 Å². The molecule has 2 aromatic carbocycles. The molecule has 0 saturated heterocycles. The Morgan fingerprint density at radius 3 is 2.30 bits per heavy atom. The largest absolute Gasteiger partial charge is 0.505 e.